The molecule has 1 heterocycles. The minimum atomic E-state index is -4.54. The molecule has 94 valence electrons. The Hall–Kier alpha value is -2.11. The standard InChI is InChI=1S/C12H7F4NO/c13-9-6-17-10(5-11(9)18)7-3-1-2-4-8(7)12(14,15)16/h1-6H,(H,17,18). The third kappa shape index (κ3) is 2.27. The number of pyridine rings is 1. The fraction of sp³-hybridized carbons (Fsp3) is 0.0833. The van der Waals surface area contributed by atoms with Gasteiger partial charge in [0.15, 0.2) is 5.82 Å². The Morgan fingerprint density at radius 2 is 1.78 bits per heavy atom. The SMILES string of the molecule is O=c1cc(-c2ccccc2C(F)(F)F)[nH]cc1F. The Balaban J connectivity index is 2.64. The lowest BCUT2D eigenvalue weighted by Crippen LogP contribution is -2.10. The van der Waals surface area contributed by atoms with Gasteiger partial charge in [0.05, 0.1) is 11.3 Å². The number of halogens is 4. The van der Waals surface area contributed by atoms with Crippen LogP contribution in [0.25, 0.3) is 11.3 Å². The van der Waals surface area contributed by atoms with Crippen molar-refractivity contribution in [3.05, 3.63) is 58.1 Å². The van der Waals surface area contributed by atoms with E-state index in [0.29, 0.717) is 0 Å². The molecule has 1 aromatic carbocycles. The third-order valence-electron chi connectivity index (χ3n) is 2.39. The van der Waals surface area contributed by atoms with E-state index in [2.05, 4.69) is 4.98 Å². The van der Waals surface area contributed by atoms with E-state index in [9.17, 15) is 22.4 Å². The summed E-state index contributed by atoms with van der Waals surface area (Å²) in [5.41, 5.74) is -2.11. The fourth-order valence-corrected chi connectivity index (χ4v) is 1.57. The van der Waals surface area contributed by atoms with Crippen molar-refractivity contribution >= 4 is 0 Å². The minimum absolute atomic E-state index is 0.0747. The van der Waals surface area contributed by atoms with E-state index in [1.165, 1.54) is 18.2 Å². The van der Waals surface area contributed by atoms with Gasteiger partial charge in [-0.1, -0.05) is 18.2 Å². The molecule has 0 amide bonds. The average molecular weight is 257 g/mol. The van der Waals surface area contributed by atoms with Crippen LogP contribution >= 0.6 is 0 Å². The van der Waals surface area contributed by atoms with E-state index in [1.807, 2.05) is 0 Å². The molecule has 6 heteroatoms. The van der Waals surface area contributed by atoms with Gasteiger partial charge < -0.3 is 4.98 Å². The summed E-state index contributed by atoms with van der Waals surface area (Å²) in [6.45, 7) is 0. The summed E-state index contributed by atoms with van der Waals surface area (Å²) < 4.78 is 51.0. The molecule has 0 aliphatic rings. The van der Waals surface area contributed by atoms with Crippen LogP contribution in [0.4, 0.5) is 17.6 Å². The number of hydrogen-bond donors (Lipinski definition) is 1. The molecule has 0 atom stereocenters. The summed E-state index contributed by atoms with van der Waals surface area (Å²) in [6.07, 6.45) is -3.80. The van der Waals surface area contributed by atoms with Gasteiger partial charge >= 0.3 is 6.18 Å². The molecule has 2 rings (SSSR count). The predicted molar refractivity (Wildman–Crippen MR) is 57.5 cm³/mol. The van der Waals surface area contributed by atoms with Gasteiger partial charge in [-0.2, -0.15) is 13.2 Å². The normalized spacial score (nSPS) is 11.6. The van der Waals surface area contributed by atoms with Crippen LogP contribution in [0, 0.1) is 5.82 Å². The molecule has 2 aromatic rings. The molecule has 1 N–H and O–H groups in total. The van der Waals surface area contributed by atoms with Crippen molar-refractivity contribution in [3.8, 4) is 11.3 Å². The van der Waals surface area contributed by atoms with Crippen molar-refractivity contribution in [1.29, 1.82) is 0 Å². The van der Waals surface area contributed by atoms with Gasteiger partial charge in [-0.15, -0.1) is 0 Å². The molecule has 2 nitrogen and oxygen atoms in total. The molecule has 1 aromatic heterocycles. The van der Waals surface area contributed by atoms with E-state index in [0.717, 1.165) is 18.3 Å². The molecule has 0 fully saturated rings. The molecule has 0 bridgehead atoms. The second kappa shape index (κ2) is 4.29. The molecular formula is C12H7F4NO. The highest BCUT2D eigenvalue weighted by Crippen LogP contribution is 2.35. The Bertz CT molecular complexity index is 630. The smallest absolute Gasteiger partial charge is 0.358 e. The van der Waals surface area contributed by atoms with Crippen LogP contribution < -0.4 is 5.43 Å². The summed E-state index contributed by atoms with van der Waals surface area (Å²) in [5.74, 6) is -1.04. The molecule has 0 spiro atoms. The molecule has 0 unspecified atom stereocenters. The van der Waals surface area contributed by atoms with Crippen LogP contribution in [0.1, 0.15) is 5.56 Å². The minimum Gasteiger partial charge on any atom is -0.358 e. The van der Waals surface area contributed by atoms with Gasteiger partial charge in [0.2, 0.25) is 5.43 Å². The monoisotopic (exact) mass is 257 g/mol. The molecule has 0 saturated heterocycles. The summed E-state index contributed by atoms with van der Waals surface area (Å²) >= 11 is 0. The lowest BCUT2D eigenvalue weighted by atomic mass is 10.0. The van der Waals surface area contributed by atoms with Gasteiger partial charge in [-0.3, -0.25) is 4.79 Å². The van der Waals surface area contributed by atoms with Gasteiger partial charge in [-0.05, 0) is 6.07 Å². The Morgan fingerprint density at radius 3 is 2.39 bits per heavy atom. The number of rotatable bonds is 1. The van der Waals surface area contributed by atoms with Gasteiger partial charge in [0.25, 0.3) is 0 Å². The average Bonchev–Trinajstić information content (AvgIpc) is 2.32. The second-order valence-electron chi connectivity index (χ2n) is 3.60. The number of nitrogens with one attached hydrogen (secondary N) is 1. The van der Waals surface area contributed by atoms with Crippen LogP contribution in [0.3, 0.4) is 0 Å². The maximum atomic E-state index is 12.8. The van der Waals surface area contributed by atoms with E-state index in [4.69, 9.17) is 0 Å². The van der Waals surface area contributed by atoms with Crippen molar-refractivity contribution < 1.29 is 17.6 Å². The Kier molecular flexibility index (Phi) is 2.94. The van der Waals surface area contributed by atoms with Gasteiger partial charge in [-0.25, -0.2) is 4.39 Å². The number of alkyl halides is 3. The number of H-pyrrole nitrogens is 1. The predicted octanol–water partition coefficient (Wildman–Crippen LogP) is 3.20. The zero-order valence-corrected chi connectivity index (χ0v) is 8.88. The zero-order valence-electron chi connectivity index (χ0n) is 8.88. The summed E-state index contributed by atoms with van der Waals surface area (Å²) in [4.78, 5) is 13.4. The molecule has 0 aliphatic carbocycles. The Labute approximate surface area is 98.9 Å². The lowest BCUT2D eigenvalue weighted by molar-refractivity contribution is -0.137. The summed E-state index contributed by atoms with van der Waals surface area (Å²) in [5, 5.41) is 0. The largest absolute Gasteiger partial charge is 0.417 e. The first-order chi connectivity index (χ1) is 8.39. The first kappa shape index (κ1) is 12.3. The highest BCUT2D eigenvalue weighted by Gasteiger charge is 2.33. The number of aromatic nitrogens is 1. The maximum absolute atomic E-state index is 12.8. The molecule has 0 radical (unpaired) electrons. The third-order valence-corrected chi connectivity index (χ3v) is 2.39. The second-order valence-corrected chi connectivity index (χ2v) is 3.60. The number of hydrogen-bond acceptors (Lipinski definition) is 1. The number of benzene rings is 1. The topological polar surface area (TPSA) is 32.9 Å². The molecule has 0 aliphatic heterocycles. The van der Waals surface area contributed by atoms with E-state index >= 15 is 0 Å². The lowest BCUT2D eigenvalue weighted by Gasteiger charge is -2.12. The van der Waals surface area contributed by atoms with Crippen LogP contribution in [0.5, 0.6) is 0 Å². The van der Waals surface area contributed by atoms with Gasteiger partial charge in [0, 0.05) is 17.8 Å². The highest BCUT2D eigenvalue weighted by molar-refractivity contribution is 5.64. The first-order valence-electron chi connectivity index (χ1n) is 4.94. The van der Waals surface area contributed by atoms with Crippen LogP contribution in [-0.2, 0) is 6.18 Å². The van der Waals surface area contributed by atoms with E-state index < -0.39 is 23.0 Å². The van der Waals surface area contributed by atoms with Crippen LogP contribution in [0.15, 0.2) is 41.3 Å². The number of aromatic amines is 1. The van der Waals surface area contributed by atoms with Gasteiger partial charge in [0.1, 0.15) is 0 Å². The molecule has 0 saturated carbocycles. The van der Waals surface area contributed by atoms with Crippen LogP contribution in [-0.4, -0.2) is 4.98 Å². The van der Waals surface area contributed by atoms with Crippen molar-refractivity contribution in [3.63, 3.8) is 0 Å². The van der Waals surface area contributed by atoms with Crippen molar-refractivity contribution in [2.24, 2.45) is 0 Å². The van der Waals surface area contributed by atoms with Crippen molar-refractivity contribution in [1.82, 2.24) is 4.98 Å². The Morgan fingerprint density at radius 1 is 1.11 bits per heavy atom. The maximum Gasteiger partial charge on any atom is 0.417 e. The quantitative estimate of drug-likeness (QED) is 0.782. The van der Waals surface area contributed by atoms with Crippen molar-refractivity contribution in [2.45, 2.75) is 6.18 Å². The first-order valence-corrected chi connectivity index (χ1v) is 4.94. The summed E-state index contributed by atoms with van der Waals surface area (Å²) in [6, 6.07) is 5.57. The fourth-order valence-electron chi connectivity index (χ4n) is 1.57. The molecule has 18 heavy (non-hydrogen) atoms. The van der Waals surface area contributed by atoms with E-state index in [1.54, 1.807) is 0 Å². The van der Waals surface area contributed by atoms with E-state index in [-0.39, 0.29) is 11.3 Å². The highest BCUT2D eigenvalue weighted by atomic mass is 19.4. The van der Waals surface area contributed by atoms with Crippen LogP contribution in [0.2, 0.25) is 0 Å². The summed E-state index contributed by atoms with van der Waals surface area (Å²) in [7, 11) is 0. The zero-order chi connectivity index (χ0) is 13.3. The molecular weight excluding hydrogens is 250 g/mol. The van der Waals surface area contributed by atoms with Crippen molar-refractivity contribution in [2.75, 3.05) is 0 Å².